The zero-order valence-corrected chi connectivity index (χ0v) is 13.0. The molecular weight excluding hydrogens is 259 g/mol. The van der Waals surface area contributed by atoms with Crippen LogP contribution >= 0.6 is 7.26 Å². The van der Waals surface area contributed by atoms with Gasteiger partial charge in [-0.3, -0.25) is 0 Å². The lowest BCUT2D eigenvalue weighted by atomic mass is 10.2. The highest BCUT2D eigenvalue weighted by Crippen LogP contribution is 2.74. The molecule has 2 aromatic carbocycles. The average molecular weight is 279 g/mol. The summed E-state index contributed by atoms with van der Waals surface area (Å²) in [6.07, 6.45) is 5.78. The topological polar surface area (TPSA) is 0 Å². The standard InChI is InChI=1S/C19H20P/c1-16-13-14-17(2)20(16,19-11-7-4-8-12-19)15-18-9-5-3-6-10-18/h3-14H,15H2,1-2H3/q+1. The Morgan fingerprint density at radius 3 is 1.75 bits per heavy atom. The van der Waals surface area contributed by atoms with E-state index < -0.39 is 7.26 Å². The second kappa shape index (κ2) is 5.38. The summed E-state index contributed by atoms with van der Waals surface area (Å²) in [6.45, 7) is 4.60. The van der Waals surface area contributed by atoms with E-state index in [1.807, 2.05) is 0 Å². The Morgan fingerprint density at radius 1 is 0.700 bits per heavy atom. The fourth-order valence-electron chi connectivity index (χ4n) is 3.06. The van der Waals surface area contributed by atoms with Gasteiger partial charge in [0.1, 0.15) is 12.6 Å². The number of allylic oxidation sites excluding steroid dienone is 4. The van der Waals surface area contributed by atoms with Crippen LogP contribution in [-0.4, -0.2) is 0 Å². The molecule has 2 aromatic rings. The Labute approximate surface area is 122 Å². The largest absolute Gasteiger partial charge is 0.107 e. The molecule has 0 saturated heterocycles. The van der Waals surface area contributed by atoms with E-state index in [-0.39, 0.29) is 0 Å². The molecule has 0 atom stereocenters. The van der Waals surface area contributed by atoms with Gasteiger partial charge in [0, 0.05) is 0 Å². The Morgan fingerprint density at radius 2 is 1.20 bits per heavy atom. The van der Waals surface area contributed by atoms with E-state index in [9.17, 15) is 0 Å². The molecule has 0 amide bonds. The first-order valence-electron chi connectivity index (χ1n) is 7.07. The van der Waals surface area contributed by atoms with Gasteiger partial charge in [0.15, 0.2) is 0 Å². The molecular formula is C19H20P+. The molecule has 0 fully saturated rings. The molecule has 20 heavy (non-hydrogen) atoms. The maximum atomic E-state index is 2.32. The molecule has 0 unspecified atom stereocenters. The van der Waals surface area contributed by atoms with E-state index in [1.165, 1.54) is 10.9 Å². The third-order valence-corrected chi connectivity index (χ3v) is 8.96. The van der Waals surface area contributed by atoms with Crippen molar-refractivity contribution in [3.8, 4) is 0 Å². The van der Waals surface area contributed by atoms with E-state index in [0.29, 0.717) is 0 Å². The van der Waals surface area contributed by atoms with Gasteiger partial charge in [0.05, 0.1) is 16.8 Å². The molecule has 0 aromatic heterocycles. The molecule has 0 N–H and O–H groups in total. The second-order valence-corrected chi connectivity index (χ2v) is 9.27. The van der Waals surface area contributed by atoms with E-state index in [2.05, 4.69) is 86.7 Å². The summed E-state index contributed by atoms with van der Waals surface area (Å²) >= 11 is 0. The summed E-state index contributed by atoms with van der Waals surface area (Å²) < 4.78 is 0. The average Bonchev–Trinajstić information content (AvgIpc) is 2.78. The first-order valence-corrected chi connectivity index (χ1v) is 9.05. The predicted molar refractivity (Wildman–Crippen MR) is 90.7 cm³/mol. The molecule has 0 radical (unpaired) electrons. The lowest BCUT2D eigenvalue weighted by Crippen LogP contribution is -2.13. The molecule has 0 nitrogen and oxygen atoms in total. The van der Waals surface area contributed by atoms with Gasteiger partial charge in [0.25, 0.3) is 0 Å². The van der Waals surface area contributed by atoms with Crippen molar-refractivity contribution in [1.82, 2.24) is 0 Å². The van der Waals surface area contributed by atoms with Crippen molar-refractivity contribution in [2.24, 2.45) is 0 Å². The number of benzene rings is 2. The van der Waals surface area contributed by atoms with Gasteiger partial charge in [-0.05, 0) is 43.7 Å². The first-order chi connectivity index (χ1) is 9.73. The highest BCUT2D eigenvalue weighted by atomic mass is 31.2. The fourth-order valence-corrected chi connectivity index (χ4v) is 7.21. The normalized spacial score (nSPS) is 16.7. The highest BCUT2D eigenvalue weighted by Gasteiger charge is 2.47. The van der Waals surface area contributed by atoms with E-state index in [4.69, 9.17) is 0 Å². The van der Waals surface area contributed by atoms with Crippen LogP contribution in [0.2, 0.25) is 0 Å². The molecule has 0 aliphatic carbocycles. The Hall–Kier alpha value is -1.65. The van der Waals surface area contributed by atoms with Crippen molar-refractivity contribution >= 4 is 12.6 Å². The molecule has 100 valence electrons. The molecule has 1 aliphatic rings. The highest BCUT2D eigenvalue weighted by molar-refractivity contribution is 7.89. The van der Waals surface area contributed by atoms with Crippen molar-refractivity contribution in [3.63, 3.8) is 0 Å². The minimum absolute atomic E-state index is 1.14. The summed E-state index contributed by atoms with van der Waals surface area (Å²) in [5.41, 5.74) is 1.44. The van der Waals surface area contributed by atoms with Crippen LogP contribution in [0.3, 0.4) is 0 Å². The zero-order chi connectivity index (χ0) is 14.0. The van der Waals surface area contributed by atoms with Crippen LogP contribution in [0.1, 0.15) is 19.4 Å². The minimum atomic E-state index is -1.38. The molecule has 0 saturated carbocycles. The van der Waals surface area contributed by atoms with Gasteiger partial charge in [-0.2, -0.15) is 0 Å². The van der Waals surface area contributed by atoms with Crippen molar-refractivity contribution < 1.29 is 0 Å². The maximum absolute atomic E-state index is 2.32. The summed E-state index contributed by atoms with van der Waals surface area (Å²) in [4.78, 5) is 0. The molecule has 0 bridgehead atoms. The van der Waals surface area contributed by atoms with Crippen LogP contribution in [-0.2, 0) is 6.16 Å². The van der Waals surface area contributed by atoms with E-state index in [0.717, 1.165) is 6.16 Å². The van der Waals surface area contributed by atoms with Crippen LogP contribution in [0, 0.1) is 0 Å². The van der Waals surface area contributed by atoms with Crippen LogP contribution < -0.4 is 5.30 Å². The van der Waals surface area contributed by atoms with Crippen molar-refractivity contribution in [2.45, 2.75) is 20.0 Å². The molecule has 1 aliphatic heterocycles. The number of hydrogen-bond donors (Lipinski definition) is 0. The number of rotatable bonds is 3. The molecule has 0 spiro atoms. The van der Waals surface area contributed by atoms with Crippen molar-refractivity contribution in [3.05, 3.63) is 89.0 Å². The third-order valence-electron chi connectivity index (χ3n) is 4.23. The van der Waals surface area contributed by atoms with E-state index >= 15 is 0 Å². The Bertz CT molecular complexity index is 633. The van der Waals surface area contributed by atoms with Crippen LogP contribution in [0.5, 0.6) is 0 Å². The lowest BCUT2D eigenvalue weighted by molar-refractivity contribution is 1.37. The molecule has 1 heterocycles. The summed E-state index contributed by atoms with van der Waals surface area (Å²) in [7, 11) is -1.38. The number of hydrogen-bond acceptors (Lipinski definition) is 0. The Kier molecular flexibility index (Phi) is 3.59. The van der Waals surface area contributed by atoms with Crippen LogP contribution in [0.15, 0.2) is 83.4 Å². The SMILES string of the molecule is CC1=CC=C(C)[P+]1(Cc1ccccc1)c1ccccc1. The summed E-state index contributed by atoms with van der Waals surface area (Å²) in [5, 5.41) is 4.60. The van der Waals surface area contributed by atoms with Crippen LogP contribution in [0.4, 0.5) is 0 Å². The zero-order valence-electron chi connectivity index (χ0n) is 12.1. The first kappa shape index (κ1) is 13.3. The molecule has 3 rings (SSSR count). The van der Waals surface area contributed by atoms with E-state index in [1.54, 1.807) is 10.6 Å². The minimum Gasteiger partial charge on any atom is -0.0622 e. The predicted octanol–water partition coefficient (Wildman–Crippen LogP) is 5.35. The lowest BCUT2D eigenvalue weighted by Gasteiger charge is -2.25. The van der Waals surface area contributed by atoms with Crippen LogP contribution in [0.25, 0.3) is 0 Å². The van der Waals surface area contributed by atoms with Gasteiger partial charge in [0.2, 0.25) is 0 Å². The maximum Gasteiger partial charge on any atom is 0.107 e. The summed E-state index contributed by atoms with van der Waals surface area (Å²) in [6, 6.07) is 21.9. The van der Waals surface area contributed by atoms with Crippen molar-refractivity contribution in [1.29, 1.82) is 0 Å². The molecule has 1 heteroatoms. The van der Waals surface area contributed by atoms with Crippen molar-refractivity contribution in [2.75, 3.05) is 0 Å². The van der Waals surface area contributed by atoms with Gasteiger partial charge in [-0.25, -0.2) is 0 Å². The smallest absolute Gasteiger partial charge is 0.0622 e. The quantitative estimate of drug-likeness (QED) is 0.664. The fraction of sp³-hybridized carbons (Fsp3) is 0.158. The third kappa shape index (κ3) is 2.15. The monoisotopic (exact) mass is 279 g/mol. The van der Waals surface area contributed by atoms with Gasteiger partial charge in [-0.1, -0.05) is 48.5 Å². The van der Waals surface area contributed by atoms with Gasteiger partial charge >= 0.3 is 0 Å². The summed E-state index contributed by atoms with van der Waals surface area (Å²) in [5.74, 6) is 0. The van der Waals surface area contributed by atoms with Gasteiger partial charge in [-0.15, -0.1) is 0 Å². The Balaban J connectivity index is 2.11. The second-order valence-electron chi connectivity index (χ2n) is 5.41. The van der Waals surface area contributed by atoms with Gasteiger partial charge < -0.3 is 0 Å².